The Morgan fingerprint density at radius 3 is 2.52 bits per heavy atom. The summed E-state index contributed by atoms with van der Waals surface area (Å²) >= 11 is 2.56. The zero-order valence-electron chi connectivity index (χ0n) is 17.4. The van der Waals surface area contributed by atoms with Gasteiger partial charge in [-0.25, -0.2) is 4.98 Å². The monoisotopic (exact) mass is 457 g/mol. The van der Waals surface area contributed by atoms with Crippen molar-refractivity contribution in [2.45, 2.75) is 6.92 Å². The second kappa shape index (κ2) is 10.8. The number of aryl methyl sites for hydroxylation is 1. The maximum Gasteiger partial charge on any atom is 0.236 e. The Morgan fingerprint density at radius 2 is 1.81 bits per heavy atom. The first-order valence-electron chi connectivity index (χ1n) is 9.40. The lowest BCUT2D eigenvalue weighted by atomic mass is 10.1. The summed E-state index contributed by atoms with van der Waals surface area (Å²) in [5, 5.41) is 7.92. The van der Waals surface area contributed by atoms with E-state index in [4.69, 9.17) is 9.47 Å². The SMILES string of the molecule is COc1ccc(OC)c(-c2csc(NC(=O)CSCC(=O)Nc3cccc(C)c3)n2)c1. The molecule has 0 radical (unpaired) electrons. The highest BCUT2D eigenvalue weighted by Gasteiger charge is 2.13. The van der Waals surface area contributed by atoms with Crippen molar-refractivity contribution in [1.29, 1.82) is 0 Å². The van der Waals surface area contributed by atoms with Gasteiger partial charge in [-0.2, -0.15) is 0 Å². The maximum atomic E-state index is 12.2. The van der Waals surface area contributed by atoms with E-state index in [1.165, 1.54) is 23.1 Å². The molecule has 7 nitrogen and oxygen atoms in total. The Labute approximate surface area is 189 Å². The first-order chi connectivity index (χ1) is 15.0. The van der Waals surface area contributed by atoms with Crippen LogP contribution in [-0.4, -0.2) is 42.5 Å². The molecule has 0 unspecified atom stereocenters. The fraction of sp³-hybridized carbons (Fsp3) is 0.227. The largest absolute Gasteiger partial charge is 0.497 e. The molecule has 0 bridgehead atoms. The molecule has 3 rings (SSSR count). The van der Waals surface area contributed by atoms with Gasteiger partial charge in [0.25, 0.3) is 0 Å². The topological polar surface area (TPSA) is 89.5 Å². The summed E-state index contributed by atoms with van der Waals surface area (Å²) in [6, 6.07) is 13.0. The van der Waals surface area contributed by atoms with Crippen LogP contribution in [0.3, 0.4) is 0 Å². The molecule has 1 aromatic heterocycles. The number of carbonyl (C=O) groups excluding carboxylic acids is 2. The van der Waals surface area contributed by atoms with Crippen LogP contribution in [0.5, 0.6) is 11.5 Å². The van der Waals surface area contributed by atoms with Crippen molar-refractivity contribution >= 4 is 45.7 Å². The zero-order chi connectivity index (χ0) is 22.2. The van der Waals surface area contributed by atoms with Crippen molar-refractivity contribution in [2.24, 2.45) is 0 Å². The van der Waals surface area contributed by atoms with Crippen molar-refractivity contribution in [2.75, 3.05) is 36.4 Å². The van der Waals surface area contributed by atoms with Gasteiger partial charge in [-0.05, 0) is 42.8 Å². The molecule has 31 heavy (non-hydrogen) atoms. The van der Waals surface area contributed by atoms with Crippen LogP contribution in [0.2, 0.25) is 0 Å². The van der Waals surface area contributed by atoms with Gasteiger partial charge in [-0.3, -0.25) is 9.59 Å². The quantitative estimate of drug-likeness (QED) is 0.494. The van der Waals surface area contributed by atoms with Crippen molar-refractivity contribution in [3.05, 3.63) is 53.4 Å². The Morgan fingerprint density at radius 1 is 1.03 bits per heavy atom. The molecule has 0 aliphatic carbocycles. The van der Waals surface area contributed by atoms with Crippen LogP contribution in [0.4, 0.5) is 10.8 Å². The van der Waals surface area contributed by atoms with Gasteiger partial charge in [-0.15, -0.1) is 23.1 Å². The molecule has 1 heterocycles. The highest BCUT2D eigenvalue weighted by atomic mass is 32.2. The fourth-order valence-electron chi connectivity index (χ4n) is 2.78. The zero-order valence-corrected chi connectivity index (χ0v) is 19.1. The van der Waals surface area contributed by atoms with Crippen LogP contribution in [0.1, 0.15) is 5.56 Å². The summed E-state index contributed by atoms with van der Waals surface area (Å²) in [6.07, 6.45) is 0. The standard InChI is InChI=1S/C22H23N3O4S2/c1-14-5-4-6-15(9-14)23-20(26)12-30-13-21(27)25-22-24-18(11-31-22)17-10-16(28-2)7-8-19(17)29-3/h4-11H,12-13H2,1-3H3,(H,23,26)(H,24,25,27). The van der Waals surface area contributed by atoms with Crippen LogP contribution in [-0.2, 0) is 9.59 Å². The minimum Gasteiger partial charge on any atom is -0.497 e. The number of anilines is 2. The third-order valence-corrected chi connectivity index (χ3v) is 5.89. The Bertz CT molecular complexity index is 1070. The van der Waals surface area contributed by atoms with Gasteiger partial charge in [0.15, 0.2) is 5.13 Å². The van der Waals surface area contributed by atoms with Crippen molar-refractivity contribution in [3.63, 3.8) is 0 Å². The molecule has 0 saturated heterocycles. The number of hydrogen-bond acceptors (Lipinski definition) is 7. The number of methoxy groups -OCH3 is 2. The van der Waals surface area contributed by atoms with E-state index < -0.39 is 0 Å². The van der Waals surface area contributed by atoms with E-state index in [0.717, 1.165) is 16.8 Å². The fourth-order valence-corrected chi connectivity index (χ4v) is 4.12. The third kappa shape index (κ3) is 6.47. The third-order valence-electron chi connectivity index (χ3n) is 4.20. The molecule has 3 aromatic rings. The van der Waals surface area contributed by atoms with Gasteiger partial charge >= 0.3 is 0 Å². The lowest BCUT2D eigenvalue weighted by Crippen LogP contribution is -2.18. The van der Waals surface area contributed by atoms with Crippen molar-refractivity contribution in [3.8, 4) is 22.8 Å². The Balaban J connectivity index is 1.51. The molecule has 162 valence electrons. The van der Waals surface area contributed by atoms with Crippen LogP contribution >= 0.6 is 23.1 Å². The maximum absolute atomic E-state index is 12.2. The predicted octanol–water partition coefficient (Wildman–Crippen LogP) is 4.45. The number of carbonyl (C=O) groups is 2. The van der Waals surface area contributed by atoms with Gasteiger partial charge in [0, 0.05) is 16.6 Å². The van der Waals surface area contributed by atoms with Gasteiger partial charge in [0.2, 0.25) is 11.8 Å². The average molecular weight is 458 g/mol. The molecule has 0 saturated carbocycles. The summed E-state index contributed by atoms with van der Waals surface area (Å²) in [5.74, 6) is 1.33. The normalized spacial score (nSPS) is 10.4. The van der Waals surface area contributed by atoms with Gasteiger partial charge < -0.3 is 20.1 Å². The van der Waals surface area contributed by atoms with E-state index in [0.29, 0.717) is 22.3 Å². The lowest BCUT2D eigenvalue weighted by Gasteiger charge is -2.08. The molecule has 9 heteroatoms. The number of nitrogens with one attached hydrogen (secondary N) is 2. The van der Waals surface area contributed by atoms with Gasteiger partial charge in [0.1, 0.15) is 11.5 Å². The number of nitrogens with zero attached hydrogens (tertiary/aromatic N) is 1. The smallest absolute Gasteiger partial charge is 0.236 e. The number of rotatable bonds is 9. The van der Waals surface area contributed by atoms with Crippen molar-refractivity contribution in [1.82, 2.24) is 4.98 Å². The minimum absolute atomic E-state index is 0.148. The first kappa shape index (κ1) is 22.6. The number of thiazole rings is 1. The van der Waals surface area contributed by atoms with Crippen molar-refractivity contribution < 1.29 is 19.1 Å². The van der Waals surface area contributed by atoms with Crippen LogP contribution in [0.15, 0.2) is 47.8 Å². The second-order valence-corrected chi connectivity index (χ2v) is 8.41. The number of aromatic nitrogens is 1. The molecular weight excluding hydrogens is 434 g/mol. The van der Waals surface area contributed by atoms with Crippen LogP contribution in [0, 0.1) is 6.92 Å². The number of ether oxygens (including phenoxy) is 2. The van der Waals surface area contributed by atoms with Crippen LogP contribution in [0.25, 0.3) is 11.3 Å². The summed E-state index contributed by atoms with van der Waals surface area (Å²) < 4.78 is 10.7. The summed E-state index contributed by atoms with van der Waals surface area (Å²) in [4.78, 5) is 28.7. The van der Waals surface area contributed by atoms with E-state index in [9.17, 15) is 9.59 Å². The van der Waals surface area contributed by atoms with E-state index in [1.807, 2.05) is 54.8 Å². The number of thioether (sulfide) groups is 1. The average Bonchev–Trinajstić information content (AvgIpc) is 3.21. The summed E-state index contributed by atoms with van der Waals surface area (Å²) in [6.45, 7) is 1.96. The minimum atomic E-state index is -0.216. The molecular formula is C22H23N3O4S2. The highest BCUT2D eigenvalue weighted by molar-refractivity contribution is 8.00. The number of hydrogen-bond donors (Lipinski definition) is 2. The van der Waals surface area contributed by atoms with Gasteiger partial charge in [-0.1, -0.05) is 12.1 Å². The molecule has 0 aliphatic rings. The second-order valence-electron chi connectivity index (χ2n) is 6.56. The number of amides is 2. The van der Waals surface area contributed by atoms with E-state index >= 15 is 0 Å². The van der Waals surface area contributed by atoms with Gasteiger partial charge in [0.05, 0.1) is 31.4 Å². The van der Waals surface area contributed by atoms with E-state index in [-0.39, 0.29) is 23.3 Å². The molecule has 2 aromatic carbocycles. The lowest BCUT2D eigenvalue weighted by molar-refractivity contribution is -0.114. The molecule has 0 fully saturated rings. The Kier molecular flexibility index (Phi) is 7.91. The Hall–Kier alpha value is -3.04. The molecule has 0 atom stereocenters. The molecule has 2 amide bonds. The first-order valence-corrected chi connectivity index (χ1v) is 11.4. The molecule has 2 N–H and O–H groups in total. The van der Waals surface area contributed by atoms with E-state index in [2.05, 4.69) is 15.6 Å². The van der Waals surface area contributed by atoms with E-state index in [1.54, 1.807) is 14.2 Å². The van der Waals surface area contributed by atoms with Crippen LogP contribution < -0.4 is 20.1 Å². The summed E-state index contributed by atoms with van der Waals surface area (Å²) in [7, 11) is 3.18. The molecule has 0 spiro atoms. The number of benzene rings is 2. The highest BCUT2D eigenvalue weighted by Crippen LogP contribution is 2.35. The molecule has 0 aliphatic heterocycles. The summed E-state index contributed by atoms with van der Waals surface area (Å²) in [5.41, 5.74) is 3.28. The predicted molar refractivity (Wildman–Crippen MR) is 126 cm³/mol.